The number of ether oxygens (including phenoxy) is 1. The molecule has 0 unspecified atom stereocenters. The van der Waals surface area contributed by atoms with Gasteiger partial charge in [0.25, 0.3) is 0 Å². The molecule has 0 bridgehead atoms. The fourth-order valence-corrected chi connectivity index (χ4v) is 2.43. The van der Waals surface area contributed by atoms with Gasteiger partial charge in [0.2, 0.25) is 0 Å². The third-order valence-electron chi connectivity index (χ3n) is 3.10. The summed E-state index contributed by atoms with van der Waals surface area (Å²) in [5, 5.41) is 0. The molecule has 1 saturated carbocycles. The van der Waals surface area contributed by atoms with Crippen molar-refractivity contribution in [3.8, 4) is 0 Å². The monoisotopic (exact) mass is 194 g/mol. The van der Waals surface area contributed by atoms with Crippen molar-refractivity contribution in [1.29, 1.82) is 0 Å². The van der Waals surface area contributed by atoms with Crippen LogP contribution in [0.4, 0.5) is 0 Å². The van der Waals surface area contributed by atoms with Crippen molar-refractivity contribution in [2.75, 3.05) is 6.61 Å². The van der Waals surface area contributed by atoms with Crippen LogP contribution < -0.4 is 0 Å². The van der Waals surface area contributed by atoms with Crippen LogP contribution in [0.2, 0.25) is 0 Å². The Labute approximate surface area is 83.1 Å². The minimum Gasteiger partial charge on any atom is -0.463 e. The highest BCUT2D eigenvalue weighted by Gasteiger charge is 2.42. The lowest BCUT2D eigenvalue weighted by molar-refractivity contribution is -0.139. The Hall–Kier alpha value is -1.12. The van der Waals surface area contributed by atoms with E-state index in [1.54, 1.807) is 6.92 Å². The molecule has 0 radical (unpaired) electrons. The van der Waals surface area contributed by atoms with E-state index in [0.717, 1.165) is 18.4 Å². The summed E-state index contributed by atoms with van der Waals surface area (Å²) in [6.07, 6.45) is 4.07. The van der Waals surface area contributed by atoms with Gasteiger partial charge in [0.15, 0.2) is 0 Å². The Morgan fingerprint density at radius 2 is 2.36 bits per heavy atom. The van der Waals surface area contributed by atoms with Gasteiger partial charge in [-0.2, -0.15) is 0 Å². The molecule has 0 amide bonds. The first-order chi connectivity index (χ1) is 6.74. The molecule has 0 heterocycles. The summed E-state index contributed by atoms with van der Waals surface area (Å²) in [6, 6.07) is 0. The number of carbonyl (C=O) groups excluding carboxylic acids is 2. The molecular weight excluding hydrogens is 180 g/mol. The number of hydrogen-bond acceptors (Lipinski definition) is 3. The van der Waals surface area contributed by atoms with Crippen LogP contribution in [-0.2, 0) is 14.3 Å². The van der Waals surface area contributed by atoms with Crippen molar-refractivity contribution in [3.05, 3.63) is 11.6 Å². The number of rotatable bonds is 2. The molecule has 1 fully saturated rings. The van der Waals surface area contributed by atoms with E-state index in [9.17, 15) is 9.59 Å². The van der Waals surface area contributed by atoms with E-state index < -0.39 is 0 Å². The Kier molecular flexibility index (Phi) is 2.40. The maximum Gasteiger partial charge on any atom is 0.333 e. The van der Waals surface area contributed by atoms with Crippen molar-refractivity contribution in [3.63, 3.8) is 0 Å². The average molecular weight is 194 g/mol. The molecule has 0 aromatic heterocycles. The molecule has 0 saturated heterocycles. The Morgan fingerprint density at radius 1 is 1.57 bits per heavy atom. The summed E-state index contributed by atoms with van der Waals surface area (Å²) >= 11 is 0. The molecule has 2 aliphatic carbocycles. The topological polar surface area (TPSA) is 43.4 Å². The molecule has 0 N–H and O–H groups in total. The van der Waals surface area contributed by atoms with E-state index in [-0.39, 0.29) is 17.8 Å². The first kappa shape index (κ1) is 9.44. The molecule has 14 heavy (non-hydrogen) atoms. The minimum atomic E-state index is -0.227. The van der Waals surface area contributed by atoms with E-state index in [4.69, 9.17) is 4.74 Å². The Morgan fingerprint density at radius 3 is 3.07 bits per heavy atom. The third-order valence-corrected chi connectivity index (χ3v) is 3.10. The van der Waals surface area contributed by atoms with Crippen molar-refractivity contribution < 1.29 is 14.3 Å². The number of Topliss-reactive ketones (excluding diaryl/α,β-unsaturated/α-hetero) is 1. The van der Waals surface area contributed by atoms with Crippen LogP contribution in [0.15, 0.2) is 11.6 Å². The van der Waals surface area contributed by atoms with Gasteiger partial charge in [-0.3, -0.25) is 4.79 Å². The highest BCUT2D eigenvalue weighted by atomic mass is 16.5. The molecule has 2 atom stereocenters. The largest absolute Gasteiger partial charge is 0.463 e. The smallest absolute Gasteiger partial charge is 0.333 e. The zero-order chi connectivity index (χ0) is 10.1. The number of allylic oxidation sites excluding steroid dienone is 1. The van der Waals surface area contributed by atoms with Crippen LogP contribution in [0.1, 0.15) is 26.2 Å². The van der Waals surface area contributed by atoms with E-state index >= 15 is 0 Å². The van der Waals surface area contributed by atoms with Crippen LogP contribution in [-0.4, -0.2) is 18.4 Å². The van der Waals surface area contributed by atoms with Gasteiger partial charge >= 0.3 is 5.97 Å². The minimum absolute atomic E-state index is 0.0782. The lowest BCUT2D eigenvalue weighted by Gasteiger charge is -2.11. The van der Waals surface area contributed by atoms with Gasteiger partial charge in [-0.05, 0) is 19.8 Å². The Bertz CT molecular complexity index is 304. The van der Waals surface area contributed by atoms with Crippen molar-refractivity contribution in [2.24, 2.45) is 11.8 Å². The molecule has 3 heteroatoms. The van der Waals surface area contributed by atoms with E-state index in [1.807, 2.05) is 6.08 Å². The zero-order valence-electron chi connectivity index (χ0n) is 8.29. The fourth-order valence-electron chi connectivity index (χ4n) is 2.43. The van der Waals surface area contributed by atoms with Crippen LogP contribution in [0, 0.1) is 11.8 Å². The normalized spacial score (nSPS) is 30.1. The van der Waals surface area contributed by atoms with Gasteiger partial charge in [-0.1, -0.05) is 6.08 Å². The molecule has 0 spiro atoms. The molecule has 76 valence electrons. The van der Waals surface area contributed by atoms with E-state index in [0.29, 0.717) is 18.8 Å². The van der Waals surface area contributed by atoms with E-state index in [2.05, 4.69) is 0 Å². The van der Waals surface area contributed by atoms with Gasteiger partial charge in [-0.25, -0.2) is 4.79 Å². The summed E-state index contributed by atoms with van der Waals surface area (Å²) in [5.74, 6) is 0.316. The lowest BCUT2D eigenvalue weighted by atomic mass is 9.94. The van der Waals surface area contributed by atoms with Gasteiger partial charge in [-0.15, -0.1) is 0 Å². The second-order valence-corrected chi connectivity index (χ2v) is 3.83. The molecule has 0 aromatic carbocycles. The molecular formula is C11H14O3. The highest BCUT2D eigenvalue weighted by Crippen LogP contribution is 2.42. The van der Waals surface area contributed by atoms with Gasteiger partial charge in [0.1, 0.15) is 5.78 Å². The number of carbonyl (C=O) groups is 2. The lowest BCUT2D eigenvalue weighted by Crippen LogP contribution is -2.16. The summed E-state index contributed by atoms with van der Waals surface area (Å²) in [7, 11) is 0. The predicted molar refractivity (Wildman–Crippen MR) is 50.6 cm³/mol. The molecule has 2 aliphatic rings. The first-order valence-corrected chi connectivity index (χ1v) is 5.14. The van der Waals surface area contributed by atoms with Crippen LogP contribution in [0.3, 0.4) is 0 Å². The quantitative estimate of drug-likeness (QED) is 0.625. The summed E-state index contributed by atoms with van der Waals surface area (Å²) in [6.45, 7) is 2.20. The summed E-state index contributed by atoms with van der Waals surface area (Å²) < 4.78 is 4.95. The maximum absolute atomic E-state index is 11.5. The van der Waals surface area contributed by atoms with Crippen molar-refractivity contribution >= 4 is 11.8 Å². The highest BCUT2D eigenvalue weighted by molar-refractivity contribution is 5.94. The average Bonchev–Trinajstić information content (AvgIpc) is 2.69. The third kappa shape index (κ3) is 1.37. The summed E-state index contributed by atoms with van der Waals surface area (Å²) in [5.41, 5.74) is 0.739. The number of esters is 1. The van der Waals surface area contributed by atoms with Gasteiger partial charge in [0, 0.05) is 23.8 Å². The fraction of sp³-hybridized carbons (Fsp3) is 0.636. The van der Waals surface area contributed by atoms with Crippen LogP contribution >= 0.6 is 0 Å². The number of ketones is 1. The van der Waals surface area contributed by atoms with Crippen LogP contribution in [0.25, 0.3) is 0 Å². The van der Waals surface area contributed by atoms with Gasteiger partial charge < -0.3 is 4.74 Å². The maximum atomic E-state index is 11.5. The molecule has 0 aromatic rings. The molecule has 2 rings (SSSR count). The first-order valence-electron chi connectivity index (χ1n) is 5.14. The van der Waals surface area contributed by atoms with Gasteiger partial charge in [0.05, 0.1) is 6.61 Å². The number of fused-ring (bicyclic) bond motifs is 1. The number of hydrogen-bond donors (Lipinski definition) is 0. The second kappa shape index (κ2) is 3.56. The molecule has 0 aliphatic heterocycles. The second-order valence-electron chi connectivity index (χ2n) is 3.83. The predicted octanol–water partition coefficient (Wildman–Crippen LogP) is 1.47. The Balaban J connectivity index is 2.09. The summed E-state index contributed by atoms with van der Waals surface area (Å²) in [4.78, 5) is 22.9. The SMILES string of the molecule is CCOC(=O)C1=CC[C@@H]2C(=O)CC[C@H]12. The standard InChI is InChI=1S/C11H14O3/c1-2-14-11(13)9-4-3-8-7(9)5-6-10(8)12/h4,7-8H,2-3,5-6H2,1H3/t7-,8-/m0/s1. The van der Waals surface area contributed by atoms with Crippen LogP contribution in [0.5, 0.6) is 0 Å². The zero-order valence-corrected chi connectivity index (χ0v) is 8.29. The van der Waals surface area contributed by atoms with E-state index in [1.165, 1.54) is 0 Å². The van der Waals surface area contributed by atoms with Crippen molar-refractivity contribution in [1.82, 2.24) is 0 Å². The van der Waals surface area contributed by atoms with Crippen molar-refractivity contribution in [2.45, 2.75) is 26.2 Å². The molecule has 3 nitrogen and oxygen atoms in total.